The summed E-state index contributed by atoms with van der Waals surface area (Å²) in [7, 11) is 0. The third-order valence-electron chi connectivity index (χ3n) is 3.74. The molecule has 0 saturated carbocycles. The summed E-state index contributed by atoms with van der Waals surface area (Å²) in [5.74, 6) is -0.202. The van der Waals surface area contributed by atoms with E-state index in [-0.39, 0.29) is 46.6 Å². The van der Waals surface area contributed by atoms with Crippen molar-refractivity contribution < 1.29 is 12.4 Å². The van der Waals surface area contributed by atoms with E-state index in [0.29, 0.717) is 12.2 Å². The van der Waals surface area contributed by atoms with Gasteiger partial charge in [0.15, 0.2) is 0 Å². The summed E-state index contributed by atoms with van der Waals surface area (Å²) in [5.41, 5.74) is 0.643. The molecule has 0 aliphatic rings. The Morgan fingerprint density at radius 3 is 1.91 bits per heavy atom. The van der Waals surface area contributed by atoms with Crippen molar-refractivity contribution >= 4 is 43.7 Å². The summed E-state index contributed by atoms with van der Waals surface area (Å²) in [6, 6.07) is 9.20. The smallest absolute Gasteiger partial charge is 1.00 e. The molecule has 1 rings (SSSR count). The number of esters is 1. The van der Waals surface area contributed by atoms with Gasteiger partial charge in [-0.2, -0.15) is 0 Å². The van der Waals surface area contributed by atoms with Gasteiger partial charge in [-0.15, -0.1) is 0 Å². The minimum Gasteiger partial charge on any atom is -1.00 e. The van der Waals surface area contributed by atoms with Crippen LogP contribution in [-0.2, 0) is 4.74 Å². The van der Waals surface area contributed by atoms with Crippen molar-refractivity contribution in [1.82, 2.24) is 0 Å². The van der Waals surface area contributed by atoms with Crippen molar-refractivity contribution in [3.63, 3.8) is 0 Å². The van der Waals surface area contributed by atoms with E-state index in [1.165, 1.54) is 51.4 Å². The zero-order valence-electron chi connectivity index (χ0n) is 16.2. The maximum atomic E-state index is 11.7. The van der Waals surface area contributed by atoms with E-state index < -0.39 is 0 Å². The van der Waals surface area contributed by atoms with Crippen LogP contribution in [0.15, 0.2) is 30.3 Å². The van der Waals surface area contributed by atoms with Crippen LogP contribution in [0.1, 0.15) is 84.3 Å². The van der Waals surface area contributed by atoms with Gasteiger partial charge in [-0.1, -0.05) is 82.9 Å². The van der Waals surface area contributed by atoms with Crippen LogP contribution >= 0.6 is 0 Å². The standard InChI is InChI=1S/C19H30O2.Ca.2H/c1-2-3-4-5-6-7-8-9-10-14-17-21-19(20)18-15-12-11-13-16-18;;;/h11-13,15-16H,2-10,14,17H2,1H3;;;/q;+2;2*-1. The molecule has 0 aliphatic heterocycles. The van der Waals surface area contributed by atoms with Crippen LogP contribution in [0.3, 0.4) is 0 Å². The Balaban J connectivity index is -0.00000147. The quantitative estimate of drug-likeness (QED) is 0.282. The SMILES string of the molecule is CCCCCCCCCCCCOC(=O)c1ccccc1.[Ca+2].[H-].[H-]. The predicted octanol–water partition coefficient (Wildman–Crippen LogP) is 5.61. The van der Waals surface area contributed by atoms with E-state index >= 15 is 0 Å². The number of unbranched alkanes of at least 4 members (excludes halogenated alkanes) is 9. The molecule has 0 aliphatic carbocycles. The molecule has 0 aromatic heterocycles. The number of rotatable bonds is 12. The first-order chi connectivity index (χ1) is 10.3. The molecule has 0 N–H and O–H groups in total. The maximum absolute atomic E-state index is 11.7. The molecule has 2 nitrogen and oxygen atoms in total. The predicted molar refractivity (Wildman–Crippen MR) is 96.5 cm³/mol. The number of benzene rings is 1. The maximum Gasteiger partial charge on any atom is 2.00 e. The first kappa shape index (κ1) is 21.9. The van der Waals surface area contributed by atoms with Gasteiger partial charge in [0.2, 0.25) is 0 Å². The van der Waals surface area contributed by atoms with E-state index in [1.807, 2.05) is 18.2 Å². The Bertz CT molecular complexity index is 375. The molecule has 1 aromatic carbocycles. The fourth-order valence-corrected chi connectivity index (χ4v) is 2.41. The van der Waals surface area contributed by atoms with E-state index in [2.05, 4.69) is 6.92 Å². The Labute approximate surface area is 169 Å². The zero-order valence-corrected chi connectivity index (χ0v) is 16.4. The number of ether oxygens (including phenoxy) is 1. The van der Waals surface area contributed by atoms with Crippen molar-refractivity contribution in [3.8, 4) is 0 Å². The third kappa shape index (κ3) is 11.5. The third-order valence-corrected chi connectivity index (χ3v) is 3.74. The van der Waals surface area contributed by atoms with Gasteiger partial charge in [-0.05, 0) is 18.6 Å². The second kappa shape index (κ2) is 15.8. The molecule has 0 radical (unpaired) electrons. The molecule has 0 fully saturated rings. The molecular weight excluding hydrogens is 300 g/mol. The number of carbonyl (C=O) groups excluding carboxylic acids is 1. The molecule has 0 spiro atoms. The Morgan fingerprint density at radius 2 is 1.36 bits per heavy atom. The van der Waals surface area contributed by atoms with Gasteiger partial charge in [-0.25, -0.2) is 4.79 Å². The molecule has 0 amide bonds. The molecule has 1 aromatic rings. The average molecular weight is 333 g/mol. The summed E-state index contributed by atoms with van der Waals surface area (Å²) >= 11 is 0. The van der Waals surface area contributed by atoms with Gasteiger partial charge in [0.05, 0.1) is 12.2 Å². The zero-order chi connectivity index (χ0) is 15.2. The molecule has 0 unspecified atom stereocenters. The number of carbonyl (C=O) groups is 1. The topological polar surface area (TPSA) is 26.3 Å². The Kier molecular flexibility index (Phi) is 15.8. The van der Waals surface area contributed by atoms with Gasteiger partial charge >= 0.3 is 43.7 Å². The first-order valence-corrected chi connectivity index (χ1v) is 8.56. The van der Waals surface area contributed by atoms with Crippen molar-refractivity contribution in [2.45, 2.75) is 71.1 Å². The molecular formula is C19H32CaO2. The second-order valence-electron chi connectivity index (χ2n) is 5.68. The number of hydrogen-bond donors (Lipinski definition) is 0. The van der Waals surface area contributed by atoms with Crippen LogP contribution in [0.5, 0.6) is 0 Å². The van der Waals surface area contributed by atoms with Crippen LogP contribution < -0.4 is 0 Å². The van der Waals surface area contributed by atoms with Crippen LogP contribution in [0.25, 0.3) is 0 Å². The normalized spacial score (nSPS) is 10.0. The Morgan fingerprint density at radius 1 is 0.864 bits per heavy atom. The van der Waals surface area contributed by atoms with E-state index in [1.54, 1.807) is 12.1 Å². The van der Waals surface area contributed by atoms with E-state index in [4.69, 9.17) is 4.74 Å². The molecule has 3 heteroatoms. The van der Waals surface area contributed by atoms with Crippen LogP contribution in [0.4, 0.5) is 0 Å². The molecule has 0 heterocycles. The summed E-state index contributed by atoms with van der Waals surface area (Å²) in [6.07, 6.45) is 12.9. The van der Waals surface area contributed by atoms with Crippen LogP contribution in [0.2, 0.25) is 0 Å². The molecule has 122 valence electrons. The van der Waals surface area contributed by atoms with Crippen molar-refractivity contribution in [2.24, 2.45) is 0 Å². The largest absolute Gasteiger partial charge is 2.00 e. The van der Waals surface area contributed by atoms with Crippen molar-refractivity contribution in [1.29, 1.82) is 0 Å². The van der Waals surface area contributed by atoms with E-state index in [0.717, 1.165) is 12.8 Å². The van der Waals surface area contributed by atoms with Gasteiger partial charge in [0.25, 0.3) is 0 Å². The van der Waals surface area contributed by atoms with Crippen molar-refractivity contribution in [3.05, 3.63) is 35.9 Å². The molecule has 0 atom stereocenters. The summed E-state index contributed by atoms with van der Waals surface area (Å²) in [6.45, 7) is 2.80. The molecule has 0 saturated heterocycles. The molecule has 0 bridgehead atoms. The van der Waals surface area contributed by atoms with Crippen LogP contribution in [0, 0.1) is 0 Å². The van der Waals surface area contributed by atoms with Gasteiger partial charge in [-0.3, -0.25) is 0 Å². The molecule has 22 heavy (non-hydrogen) atoms. The minimum atomic E-state index is -0.202. The minimum absolute atomic E-state index is 0. The van der Waals surface area contributed by atoms with Gasteiger partial charge in [0.1, 0.15) is 0 Å². The first-order valence-electron chi connectivity index (χ1n) is 8.56. The van der Waals surface area contributed by atoms with Crippen LogP contribution in [-0.4, -0.2) is 50.3 Å². The monoisotopic (exact) mass is 332 g/mol. The summed E-state index contributed by atoms with van der Waals surface area (Å²) in [5, 5.41) is 0. The van der Waals surface area contributed by atoms with Gasteiger partial charge in [0, 0.05) is 0 Å². The van der Waals surface area contributed by atoms with E-state index in [9.17, 15) is 4.79 Å². The van der Waals surface area contributed by atoms with Gasteiger partial charge < -0.3 is 7.59 Å². The Hall–Kier alpha value is -0.0503. The summed E-state index contributed by atoms with van der Waals surface area (Å²) in [4.78, 5) is 11.7. The average Bonchev–Trinajstić information content (AvgIpc) is 2.53. The van der Waals surface area contributed by atoms with Crippen molar-refractivity contribution in [2.75, 3.05) is 6.61 Å². The summed E-state index contributed by atoms with van der Waals surface area (Å²) < 4.78 is 5.26. The fraction of sp³-hybridized carbons (Fsp3) is 0.632. The number of hydrogen-bond acceptors (Lipinski definition) is 2. The fourth-order valence-electron chi connectivity index (χ4n) is 2.41. The second-order valence-corrected chi connectivity index (χ2v) is 5.68.